The van der Waals surface area contributed by atoms with Crippen LogP contribution in [0.5, 0.6) is 0 Å². The Bertz CT molecular complexity index is 1080. The van der Waals surface area contributed by atoms with Gasteiger partial charge in [-0.1, -0.05) is 42.0 Å². The Kier molecular flexibility index (Phi) is 7.00. The van der Waals surface area contributed by atoms with Crippen LogP contribution in [-0.4, -0.2) is 44.5 Å². The Morgan fingerprint density at radius 3 is 2.52 bits per heavy atom. The smallest absolute Gasteiger partial charge is 0.241 e. The number of benzene rings is 2. The van der Waals surface area contributed by atoms with E-state index in [1.165, 1.54) is 0 Å². The summed E-state index contributed by atoms with van der Waals surface area (Å²) < 4.78 is 25.8. The summed E-state index contributed by atoms with van der Waals surface area (Å²) in [6.45, 7) is 5.10. The van der Waals surface area contributed by atoms with Crippen molar-refractivity contribution in [2.24, 2.45) is 0 Å². The zero-order valence-electron chi connectivity index (χ0n) is 18.2. The van der Waals surface area contributed by atoms with Crippen LogP contribution in [0.15, 0.2) is 42.5 Å². The Hall–Kier alpha value is -2.87. The summed E-state index contributed by atoms with van der Waals surface area (Å²) in [7, 11) is -3.62. The molecule has 0 aromatic heterocycles. The number of aryl methyl sites for hydroxylation is 2. The molecule has 0 spiro atoms. The van der Waals surface area contributed by atoms with Crippen molar-refractivity contribution in [3.8, 4) is 0 Å². The van der Waals surface area contributed by atoms with Gasteiger partial charge in [0.25, 0.3) is 0 Å². The van der Waals surface area contributed by atoms with Gasteiger partial charge in [-0.25, -0.2) is 8.42 Å². The number of nitrogens with zero attached hydrogens (tertiary/aromatic N) is 2. The molecule has 2 aromatic carbocycles. The first-order valence-electron chi connectivity index (χ1n) is 10.3. The molecule has 2 amide bonds. The minimum absolute atomic E-state index is 0.172. The molecule has 7 nitrogen and oxygen atoms in total. The van der Waals surface area contributed by atoms with Crippen LogP contribution in [0.3, 0.4) is 0 Å². The van der Waals surface area contributed by atoms with Crippen molar-refractivity contribution in [1.82, 2.24) is 10.2 Å². The number of hydrogen-bond donors (Lipinski definition) is 1. The molecule has 2 aromatic rings. The number of sulfonamides is 1. The summed E-state index contributed by atoms with van der Waals surface area (Å²) in [5.74, 6) is -0.212. The second-order valence-electron chi connectivity index (χ2n) is 8.08. The van der Waals surface area contributed by atoms with Gasteiger partial charge in [0.1, 0.15) is 6.54 Å². The van der Waals surface area contributed by atoms with E-state index in [2.05, 4.69) is 5.32 Å². The standard InChI is InChI=1S/C23H29N3O4S/c1-17-9-10-21(18(2)12-17)26(31(3,29)30)16-22(27)24-14-19-6-4-7-20(13-19)15-25-11-5-8-23(25)28/h4,6-7,9-10,12-13H,5,8,11,14-16H2,1-3H3,(H,24,27). The van der Waals surface area contributed by atoms with Crippen LogP contribution in [0, 0.1) is 13.8 Å². The van der Waals surface area contributed by atoms with Crippen LogP contribution in [0.2, 0.25) is 0 Å². The average Bonchev–Trinajstić information content (AvgIpc) is 3.09. The molecule has 0 atom stereocenters. The van der Waals surface area contributed by atoms with E-state index in [1.807, 2.05) is 55.1 Å². The number of likely N-dealkylation sites (tertiary alicyclic amines) is 1. The van der Waals surface area contributed by atoms with Crippen LogP contribution in [0.4, 0.5) is 5.69 Å². The average molecular weight is 444 g/mol. The quantitative estimate of drug-likeness (QED) is 0.679. The van der Waals surface area contributed by atoms with E-state index in [-0.39, 0.29) is 24.9 Å². The first kappa shape index (κ1) is 22.8. The molecule has 8 heteroatoms. The van der Waals surface area contributed by atoms with E-state index < -0.39 is 10.0 Å². The highest BCUT2D eigenvalue weighted by molar-refractivity contribution is 7.92. The summed E-state index contributed by atoms with van der Waals surface area (Å²) in [5, 5.41) is 2.81. The minimum atomic E-state index is -3.62. The molecule has 0 unspecified atom stereocenters. The summed E-state index contributed by atoms with van der Waals surface area (Å²) in [6, 6.07) is 13.2. The largest absolute Gasteiger partial charge is 0.350 e. The molecule has 1 fully saturated rings. The van der Waals surface area contributed by atoms with Gasteiger partial charge in [-0.3, -0.25) is 13.9 Å². The lowest BCUT2D eigenvalue weighted by Gasteiger charge is -2.24. The third-order valence-corrected chi connectivity index (χ3v) is 6.46. The molecular weight excluding hydrogens is 414 g/mol. The lowest BCUT2D eigenvalue weighted by Crippen LogP contribution is -2.40. The molecule has 1 aliphatic heterocycles. The van der Waals surface area contributed by atoms with Crippen LogP contribution in [0.25, 0.3) is 0 Å². The maximum atomic E-state index is 12.6. The summed E-state index contributed by atoms with van der Waals surface area (Å²) in [4.78, 5) is 26.2. The molecule has 1 aliphatic rings. The van der Waals surface area contributed by atoms with Crippen molar-refractivity contribution in [3.63, 3.8) is 0 Å². The summed E-state index contributed by atoms with van der Waals surface area (Å²) in [6.07, 6.45) is 2.60. The zero-order chi connectivity index (χ0) is 22.6. The number of carbonyl (C=O) groups excluding carboxylic acids is 2. The maximum absolute atomic E-state index is 12.6. The fourth-order valence-corrected chi connectivity index (χ4v) is 4.70. The number of carbonyl (C=O) groups is 2. The van der Waals surface area contributed by atoms with Gasteiger partial charge in [-0.2, -0.15) is 0 Å². The molecule has 0 saturated carbocycles. The number of nitrogens with one attached hydrogen (secondary N) is 1. The van der Waals surface area contributed by atoms with E-state index in [0.29, 0.717) is 18.7 Å². The normalized spacial score (nSPS) is 14.0. The number of rotatable bonds is 8. The molecule has 0 aliphatic carbocycles. The molecule has 1 N–H and O–H groups in total. The highest BCUT2D eigenvalue weighted by Crippen LogP contribution is 2.23. The molecule has 3 rings (SSSR count). The number of anilines is 1. The van der Waals surface area contributed by atoms with Crippen molar-refractivity contribution < 1.29 is 18.0 Å². The summed E-state index contributed by atoms with van der Waals surface area (Å²) in [5.41, 5.74) is 4.22. The van der Waals surface area contributed by atoms with E-state index in [4.69, 9.17) is 0 Å². The van der Waals surface area contributed by atoms with Crippen LogP contribution >= 0.6 is 0 Å². The van der Waals surface area contributed by atoms with Gasteiger partial charge in [0.05, 0.1) is 11.9 Å². The molecule has 0 radical (unpaired) electrons. The van der Waals surface area contributed by atoms with Crippen LogP contribution < -0.4 is 9.62 Å². The second kappa shape index (κ2) is 9.51. The predicted molar refractivity (Wildman–Crippen MR) is 121 cm³/mol. The second-order valence-corrected chi connectivity index (χ2v) is 9.98. The Morgan fingerprint density at radius 2 is 1.87 bits per heavy atom. The zero-order valence-corrected chi connectivity index (χ0v) is 19.0. The molecule has 166 valence electrons. The first-order valence-corrected chi connectivity index (χ1v) is 12.2. The third-order valence-electron chi connectivity index (χ3n) is 5.33. The lowest BCUT2D eigenvalue weighted by atomic mass is 10.1. The molecule has 31 heavy (non-hydrogen) atoms. The number of amides is 2. The summed E-state index contributed by atoms with van der Waals surface area (Å²) >= 11 is 0. The monoisotopic (exact) mass is 443 g/mol. The predicted octanol–water partition coefficient (Wildman–Crippen LogP) is 2.51. The van der Waals surface area contributed by atoms with Crippen molar-refractivity contribution in [1.29, 1.82) is 0 Å². The van der Waals surface area contributed by atoms with Gasteiger partial charge in [0.2, 0.25) is 21.8 Å². The Morgan fingerprint density at radius 1 is 1.13 bits per heavy atom. The Labute approximate surface area is 184 Å². The van der Waals surface area contributed by atoms with E-state index >= 15 is 0 Å². The van der Waals surface area contributed by atoms with Gasteiger partial charge in [-0.05, 0) is 43.0 Å². The van der Waals surface area contributed by atoms with Gasteiger partial charge in [0.15, 0.2) is 0 Å². The highest BCUT2D eigenvalue weighted by Gasteiger charge is 2.22. The minimum Gasteiger partial charge on any atom is -0.350 e. The SMILES string of the molecule is Cc1ccc(N(CC(=O)NCc2cccc(CN3CCCC3=O)c2)S(C)(=O)=O)c(C)c1. The third kappa shape index (κ3) is 6.07. The van der Waals surface area contributed by atoms with Gasteiger partial charge in [-0.15, -0.1) is 0 Å². The van der Waals surface area contributed by atoms with E-state index in [9.17, 15) is 18.0 Å². The van der Waals surface area contributed by atoms with E-state index in [0.717, 1.165) is 45.8 Å². The molecule has 1 saturated heterocycles. The van der Waals surface area contributed by atoms with Crippen molar-refractivity contribution >= 4 is 27.5 Å². The van der Waals surface area contributed by atoms with Crippen molar-refractivity contribution in [3.05, 3.63) is 64.7 Å². The molecule has 0 bridgehead atoms. The first-order chi connectivity index (χ1) is 14.6. The fourth-order valence-electron chi connectivity index (χ4n) is 3.78. The van der Waals surface area contributed by atoms with Crippen LogP contribution in [0.1, 0.15) is 35.1 Å². The molecule has 1 heterocycles. The van der Waals surface area contributed by atoms with Gasteiger partial charge >= 0.3 is 0 Å². The van der Waals surface area contributed by atoms with Crippen LogP contribution in [-0.2, 0) is 32.7 Å². The highest BCUT2D eigenvalue weighted by atomic mass is 32.2. The van der Waals surface area contributed by atoms with Crippen molar-refractivity contribution in [2.75, 3.05) is 23.7 Å². The fraction of sp³-hybridized carbons (Fsp3) is 0.391. The number of hydrogen-bond acceptors (Lipinski definition) is 4. The van der Waals surface area contributed by atoms with Gasteiger partial charge in [0, 0.05) is 26.1 Å². The van der Waals surface area contributed by atoms with E-state index in [1.54, 1.807) is 6.07 Å². The lowest BCUT2D eigenvalue weighted by molar-refractivity contribution is -0.128. The maximum Gasteiger partial charge on any atom is 0.241 e. The van der Waals surface area contributed by atoms with Crippen molar-refractivity contribution in [2.45, 2.75) is 39.8 Å². The van der Waals surface area contributed by atoms with Gasteiger partial charge < -0.3 is 10.2 Å². The Balaban J connectivity index is 1.64. The topological polar surface area (TPSA) is 86.8 Å². The molecular formula is C23H29N3O4S.